The zero-order valence-electron chi connectivity index (χ0n) is 20.1. The maximum absolute atomic E-state index is 11.4. The van der Waals surface area contributed by atoms with Gasteiger partial charge in [0.2, 0.25) is 5.89 Å². The second-order valence-corrected chi connectivity index (χ2v) is 9.93. The number of hydrogen-bond donors (Lipinski definition) is 1. The minimum absolute atomic E-state index is 0.473. The van der Waals surface area contributed by atoms with Gasteiger partial charge in [-0.05, 0) is 47.9 Å². The van der Waals surface area contributed by atoms with Crippen molar-refractivity contribution < 1.29 is 19.1 Å². The number of nitrogens with zero attached hydrogens (tertiary/aromatic N) is 2. The van der Waals surface area contributed by atoms with E-state index in [2.05, 4.69) is 24.3 Å². The standard InChI is InChI=1S/C29H28N2O4S/c1-20-26(30-27(35-20)24-12-10-23(11-13-24)22-7-3-2-4-8-22)14-16-34-25-9-5-6-21(18-25)19-31-15-17-36-28(31)29(32)33/h2-13,18,28H,14-17,19H2,1H3,(H,32,33). The van der Waals surface area contributed by atoms with Crippen LogP contribution in [0.4, 0.5) is 0 Å². The predicted molar refractivity (Wildman–Crippen MR) is 142 cm³/mol. The lowest BCUT2D eigenvalue weighted by Crippen LogP contribution is -2.33. The minimum Gasteiger partial charge on any atom is -0.493 e. The molecule has 1 aliphatic heterocycles. The number of carboxylic acid groups (broad SMARTS) is 1. The van der Waals surface area contributed by atoms with Gasteiger partial charge >= 0.3 is 5.97 Å². The Balaban J connectivity index is 1.18. The lowest BCUT2D eigenvalue weighted by Gasteiger charge is -2.20. The summed E-state index contributed by atoms with van der Waals surface area (Å²) in [6, 6.07) is 26.4. The van der Waals surface area contributed by atoms with E-state index in [1.165, 1.54) is 17.3 Å². The molecule has 1 unspecified atom stereocenters. The van der Waals surface area contributed by atoms with E-state index in [1.807, 2.05) is 66.4 Å². The molecule has 36 heavy (non-hydrogen) atoms. The number of aryl methyl sites for hydroxylation is 1. The van der Waals surface area contributed by atoms with E-state index in [4.69, 9.17) is 14.1 Å². The molecular weight excluding hydrogens is 472 g/mol. The molecule has 7 heteroatoms. The van der Waals surface area contributed by atoms with Gasteiger partial charge in [0.05, 0.1) is 12.3 Å². The van der Waals surface area contributed by atoms with Gasteiger partial charge in [-0.2, -0.15) is 0 Å². The summed E-state index contributed by atoms with van der Waals surface area (Å²) in [7, 11) is 0. The molecule has 0 spiro atoms. The van der Waals surface area contributed by atoms with Gasteiger partial charge in [0.15, 0.2) is 5.37 Å². The Morgan fingerprint density at radius 3 is 2.58 bits per heavy atom. The highest BCUT2D eigenvalue weighted by atomic mass is 32.2. The second kappa shape index (κ2) is 11.0. The fourth-order valence-corrected chi connectivity index (χ4v) is 5.44. The third kappa shape index (κ3) is 5.64. The van der Waals surface area contributed by atoms with Crippen molar-refractivity contribution in [2.24, 2.45) is 0 Å². The fraction of sp³-hybridized carbons (Fsp3) is 0.241. The zero-order valence-corrected chi connectivity index (χ0v) is 20.9. The van der Waals surface area contributed by atoms with Crippen LogP contribution < -0.4 is 4.74 Å². The number of rotatable bonds is 9. The molecule has 184 valence electrons. The predicted octanol–water partition coefficient (Wildman–Crippen LogP) is 5.90. The van der Waals surface area contributed by atoms with Crippen LogP contribution in [0.5, 0.6) is 5.75 Å². The van der Waals surface area contributed by atoms with E-state index < -0.39 is 11.3 Å². The van der Waals surface area contributed by atoms with Crippen molar-refractivity contribution in [2.75, 3.05) is 18.9 Å². The first kappa shape index (κ1) is 24.2. The SMILES string of the molecule is Cc1oc(-c2ccc(-c3ccccc3)cc2)nc1CCOc1cccc(CN2CCSC2C(=O)O)c1. The Morgan fingerprint density at radius 2 is 1.81 bits per heavy atom. The van der Waals surface area contributed by atoms with Gasteiger partial charge in [0, 0.05) is 30.8 Å². The summed E-state index contributed by atoms with van der Waals surface area (Å²) < 4.78 is 12.0. The number of carboxylic acids is 1. The van der Waals surface area contributed by atoms with Gasteiger partial charge < -0.3 is 14.3 Å². The fourth-order valence-electron chi connectivity index (χ4n) is 4.35. The first-order valence-electron chi connectivity index (χ1n) is 12.0. The molecule has 1 atom stereocenters. The molecule has 1 aromatic heterocycles. The van der Waals surface area contributed by atoms with Crippen molar-refractivity contribution in [2.45, 2.75) is 25.3 Å². The molecule has 6 nitrogen and oxygen atoms in total. The summed E-state index contributed by atoms with van der Waals surface area (Å²) >= 11 is 1.47. The van der Waals surface area contributed by atoms with Crippen molar-refractivity contribution in [1.82, 2.24) is 9.88 Å². The molecule has 1 fully saturated rings. The van der Waals surface area contributed by atoms with Crippen LogP contribution in [0.25, 0.3) is 22.6 Å². The second-order valence-electron chi connectivity index (χ2n) is 8.74. The molecule has 2 heterocycles. The number of benzene rings is 3. The average Bonchev–Trinajstić information content (AvgIpc) is 3.51. The van der Waals surface area contributed by atoms with Gasteiger partial charge in [0.1, 0.15) is 11.5 Å². The summed E-state index contributed by atoms with van der Waals surface area (Å²) in [6.45, 7) is 3.77. The van der Waals surface area contributed by atoms with Crippen molar-refractivity contribution in [3.63, 3.8) is 0 Å². The Labute approximate surface area is 214 Å². The lowest BCUT2D eigenvalue weighted by molar-refractivity contribution is -0.139. The molecule has 1 saturated heterocycles. The summed E-state index contributed by atoms with van der Waals surface area (Å²) in [5.74, 6) is 2.23. The highest BCUT2D eigenvalue weighted by Crippen LogP contribution is 2.28. The van der Waals surface area contributed by atoms with Crippen LogP contribution in [0, 0.1) is 6.92 Å². The van der Waals surface area contributed by atoms with E-state index >= 15 is 0 Å². The van der Waals surface area contributed by atoms with Crippen LogP contribution in [0.15, 0.2) is 83.3 Å². The molecule has 0 saturated carbocycles. The zero-order chi connectivity index (χ0) is 24.9. The highest BCUT2D eigenvalue weighted by molar-refractivity contribution is 8.00. The first-order valence-corrected chi connectivity index (χ1v) is 13.0. The number of oxazole rings is 1. The number of thioether (sulfide) groups is 1. The van der Waals surface area contributed by atoms with Crippen LogP contribution in [0.2, 0.25) is 0 Å². The van der Waals surface area contributed by atoms with Crippen LogP contribution >= 0.6 is 11.8 Å². The molecule has 1 aliphatic rings. The topological polar surface area (TPSA) is 75.8 Å². The molecule has 1 N–H and O–H groups in total. The monoisotopic (exact) mass is 500 g/mol. The summed E-state index contributed by atoms with van der Waals surface area (Å²) in [6.07, 6.45) is 0.630. The molecule has 0 bridgehead atoms. The van der Waals surface area contributed by atoms with Gasteiger partial charge in [0.25, 0.3) is 0 Å². The minimum atomic E-state index is -0.778. The average molecular weight is 501 g/mol. The maximum atomic E-state index is 11.4. The van der Waals surface area contributed by atoms with Gasteiger partial charge in [-0.1, -0.05) is 54.6 Å². The van der Waals surface area contributed by atoms with Crippen LogP contribution in [-0.2, 0) is 17.8 Å². The third-order valence-corrected chi connectivity index (χ3v) is 7.45. The van der Waals surface area contributed by atoms with Crippen molar-refractivity contribution in [3.05, 3.63) is 95.9 Å². The van der Waals surface area contributed by atoms with E-state index in [9.17, 15) is 9.90 Å². The Kier molecular flexibility index (Phi) is 7.39. The van der Waals surface area contributed by atoms with Gasteiger partial charge in [-0.15, -0.1) is 11.8 Å². The third-order valence-electron chi connectivity index (χ3n) is 6.22. The summed E-state index contributed by atoms with van der Waals surface area (Å²) in [5, 5.41) is 8.92. The van der Waals surface area contributed by atoms with Crippen LogP contribution in [0.3, 0.4) is 0 Å². The van der Waals surface area contributed by atoms with E-state index in [0.29, 0.717) is 25.5 Å². The van der Waals surface area contributed by atoms with E-state index in [1.54, 1.807) is 0 Å². The molecule has 4 aromatic rings. The molecule has 5 rings (SSSR count). The quantitative estimate of drug-likeness (QED) is 0.307. The highest BCUT2D eigenvalue weighted by Gasteiger charge is 2.31. The first-order chi connectivity index (χ1) is 17.6. The van der Waals surface area contributed by atoms with Gasteiger partial charge in [-0.25, -0.2) is 9.78 Å². The van der Waals surface area contributed by atoms with Crippen LogP contribution in [0.1, 0.15) is 17.0 Å². The maximum Gasteiger partial charge on any atom is 0.331 e. The van der Waals surface area contributed by atoms with E-state index in [-0.39, 0.29) is 0 Å². The number of aliphatic carboxylic acids is 1. The number of hydrogen-bond acceptors (Lipinski definition) is 6. The molecule has 0 radical (unpaired) electrons. The van der Waals surface area contributed by atoms with Crippen molar-refractivity contribution in [3.8, 4) is 28.3 Å². The smallest absolute Gasteiger partial charge is 0.331 e. The molecular formula is C29H28N2O4S. The van der Waals surface area contributed by atoms with Crippen molar-refractivity contribution in [1.29, 1.82) is 0 Å². The number of carbonyl (C=O) groups is 1. The lowest BCUT2D eigenvalue weighted by atomic mass is 10.0. The van der Waals surface area contributed by atoms with Gasteiger partial charge in [-0.3, -0.25) is 4.90 Å². The Morgan fingerprint density at radius 1 is 1.06 bits per heavy atom. The summed E-state index contributed by atoms with van der Waals surface area (Å²) in [4.78, 5) is 18.1. The van der Waals surface area contributed by atoms with Crippen LogP contribution in [-0.4, -0.2) is 45.2 Å². The normalized spacial score (nSPS) is 15.8. The molecule has 0 aliphatic carbocycles. The summed E-state index contributed by atoms with van der Waals surface area (Å²) in [5.41, 5.74) is 5.19. The van der Waals surface area contributed by atoms with E-state index in [0.717, 1.165) is 46.2 Å². The van der Waals surface area contributed by atoms with Crippen molar-refractivity contribution >= 4 is 17.7 Å². The number of aromatic nitrogens is 1. The molecule has 3 aromatic carbocycles. The Bertz CT molecular complexity index is 1320. The Hall–Kier alpha value is -3.55. The molecule has 0 amide bonds. The number of ether oxygens (including phenoxy) is 1. The largest absolute Gasteiger partial charge is 0.493 e.